The Hall–Kier alpha value is -2.37. The smallest absolute Gasteiger partial charge is 0.223 e. The largest absolute Gasteiger partial charge is 0.347 e. The molecule has 0 atom stereocenters. The van der Waals surface area contributed by atoms with Gasteiger partial charge >= 0.3 is 0 Å². The average Bonchev–Trinajstić information content (AvgIpc) is 3.04. The molecule has 0 radical (unpaired) electrons. The second-order valence-corrected chi connectivity index (χ2v) is 4.52. The van der Waals surface area contributed by atoms with Gasteiger partial charge in [0.1, 0.15) is 5.69 Å². The molecule has 6 nitrogen and oxygen atoms in total. The lowest BCUT2D eigenvalue weighted by atomic mass is 10.3. The lowest BCUT2D eigenvalue weighted by molar-refractivity contribution is 0.653. The van der Waals surface area contributed by atoms with Gasteiger partial charge in [-0.15, -0.1) is 5.10 Å². The molecule has 0 amide bonds. The lowest BCUT2D eigenvalue weighted by Crippen LogP contribution is -2.15. The van der Waals surface area contributed by atoms with Crippen molar-refractivity contribution in [1.82, 2.24) is 24.4 Å². The molecule has 0 aliphatic carbocycles. The molecule has 0 unspecified atom stereocenters. The topological polar surface area (TPSA) is 51.3 Å². The average molecular weight is 256 g/mol. The zero-order chi connectivity index (χ0) is 13.4. The van der Waals surface area contributed by atoms with Crippen LogP contribution in [-0.4, -0.2) is 38.5 Å². The molecular formula is C13H16N6. The Morgan fingerprint density at radius 1 is 1.21 bits per heavy atom. The standard InChI is InChI=1S/C13H16N6/c1-4-18-13(17(2)3)15-12(16-18)11-7-5-6-10-8-9-14-19(10)11/h5-9H,4H2,1-3H3. The summed E-state index contributed by atoms with van der Waals surface area (Å²) in [6.07, 6.45) is 1.78. The minimum Gasteiger partial charge on any atom is -0.347 e. The number of pyridine rings is 1. The Kier molecular flexibility index (Phi) is 2.70. The summed E-state index contributed by atoms with van der Waals surface area (Å²) in [6.45, 7) is 2.84. The van der Waals surface area contributed by atoms with E-state index in [1.54, 1.807) is 6.20 Å². The van der Waals surface area contributed by atoms with Crippen LogP contribution in [0.2, 0.25) is 0 Å². The number of hydrogen-bond acceptors (Lipinski definition) is 4. The highest BCUT2D eigenvalue weighted by molar-refractivity contribution is 5.59. The van der Waals surface area contributed by atoms with E-state index < -0.39 is 0 Å². The fraction of sp³-hybridized carbons (Fsp3) is 0.308. The van der Waals surface area contributed by atoms with Crippen LogP contribution in [0.3, 0.4) is 0 Å². The number of anilines is 1. The van der Waals surface area contributed by atoms with Gasteiger partial charge in [0, 0.05) is 20.6 Å². The first-order valence-electron chi connectivity index (χ1n) is 6.26. The Balaban J connectivity index is 2.19. The van der Waals surface area contributed by atoms with Crippen LogP contribution in [-0.2, 0) is 6.54 Å². The third-order valence-corrected chi connectivity index (χ3v) is 3.00. The number of hydrogen-bond donors (Lipinski definition) is 0. The molecule has 0 spiro atoms. The molecule has 3 rings (SSSR count). The van der Waals surface area contributed by atoms with Crippen molar-refractivity contribution in [3.8, 4) is 11.5 Å². The van der Waals surface area contributed by atoms with Gasteiger partial charge in [-0.2, -0.15) is 10.1 Å². The Bertz CT molecular complexity index is 709. The van der Waals surface area contributed by atoms with Crippen molar-refractivity contribution < 1.29 is 0 Å². The van der Waals surface area contributed by atoms with Gasteiger partial charge in [-0.05, 0) is 25.1 Å². The quantitative estimate of drug-likeness (QED) is 0.715. The first-order valence-corrected chi connectivity index (χ1v) is 6.26. The van der Waals surface area contributed by atoms with Gasteiger partial charge in [0.2, 0.25) is 11.8 Å². The van der Waals surface area contributed by atoms with Crippen LogP contribution in [0.15, 0.2) is 30.5 Å². The van der Waals surface area contributed by atoms with Crippen molar-refractivity contribution in [3.63, 3.8) is 0 Å². The summed E-state index contributed by atoms with van der Waals surface area (Å²) < 4.78 is 3.74. The van der Waals surface area contributed by atoms with Crippen molar-refractivity contribution in [2.24, 2.45) is 0 Å². The summed E-state index contributed by atoms with van der Waals surface area (Å²) in [5.74, 6) is 1.54. The fourth-order valence-electron chi connectivity index (χ4n) is 2.10. The number of aromatic nitrogens is 5. The predicted molar refractivity (Wildman–Crippen MR) is 74.2 cm³/mol. The van der Waals surface area contributed by atoms with Crippen LogP contribution >= 0.6 is 0 Å². The molecule has 3 heterocycles. The summed E-state index contributed by atoms with van der Waals surface area (Å²) in [5.41, 5.74) is 1.94. The minimum absolute atomic E-state index is 0.694. The highest BCUT2D eigenvalue weighted by Crippen LogP contribution is 2.20. The maximum Gasteiger partial charge on any atom is 0.223 e. The van der Waals surface area contributed by atoms with E-state index in [2.05, 4.69) is 22.1 Å². The van der Waals surface area contributed by atoms with Gasteiger partial charge in [-0.3, -0.25) is 0 Å². The SMILES string of the molecule is CCn1nc(-c2cccc3ccnn23)nc1N(C)C. The van der Waals surface area contributed by atoms with Gasteiger partial charge < -0.3 is 4.90 Å². The van der Waals surface area contributed by atoms with E-state index in [0.717, 1.165) is 23.7 Å². The molecule has 0 saturated heterocycles. The normalized spacial score (nSPS) is 11.1. The Morgan fingerprint density at radius 3 is 2.74 bits per heavy atom. The highest BCUT2D eigenvalue weighted by atomic mass is 15.4. The molecule has 0 aliphatic rings. The van der Waals surface area contributed by atoms with Crippen LogP contribution in [0.1, 0.15) is 6.92 Å². The molecule has 19 heavy (non-hydrogen) atoms. The molecule has 0 bridgehead atoms. The van der Waals surface area contributed by atoms with E-state index in [1.165, 1.54) is 0 Å². The molecule has 0 saturated carbocycles. The van der Waals surface area contributed by atoms with Gasteiger partial charge in [-0.1, -0.05) is 6.07 Å². The molecular weight excluding hydrogens is 240 g/mol. The van der Waals surface area contributed by atoms with E-state index in [1.807, 2.05) is 52.5 Å². The molecule has 0 aromatic carbocycles. The van der Waals surface area contributed by atoms with Crippen LogP contribution < -0.4 is 4.90 Å². The predicted octanol–water partition coefficient (Wildman–Crippen LogP) is 1.68. The van der Waals surface area contributed by atoms with E-state index >= 15 is 0 Å². The Labute approximate surface area is 111 Å². The zero-order valence-electron chi connectivity index (χ0n) is 11.3. The van der Waals surface area contributed by atoms with Crippen LogP contribution in [0.4, 0.5) is 5.95 Å². The van der Waals surface area contributed by atoms with E-state index in [-0.39, 0.29) is 0 Å². The molecule has 6 heteroatoms. The summed E-state index contributed by atoms with van der Waals surface area (Å²) in [6, 6.07) is 7.95. The highest BCUT2D eigenvalue weighted by Gasteiger charge is 2.14. The molecule has 3 aromatic heterocycles. The maximum absolute atomic E-state index is 4.60. The maximum atomic E-state index is 4.60. The van der Waals surface area contributed by atoms with Crippen molar-refractivity contribution in [3.05, 3.63) is 30.5 Å². The number of aryl methyl sites for hydroxylation is 1. The van der Waals surface area contributed by atoms with Crippen molar-refractivity contribution in [1.29, 1.82) is 0 Å². The van der Waals surface area contributed by atoms with Crippen LogP contribution in [0.5, 0.6) is 0 Å². The first kappa shape index (κ1) is 11.7. The fourth-order valence-corrected chi connectivity index (χ4v) is 2.10. The third-order valence-electron chi connectivity index (χ3n) is 3.00. The summed E-state index contributed by atoms with van der Waals surface area (Å²) >= 11 is 0. The third kappa shape index (κ3) is 1.85. The second kappa shape index (κ2) is 4.38. The molecule has 98 valence electrons. The lowest BCUT2D eigenvalue weighted by Gasteiger charge is -2.10. The number of fused-ring (bicyclic) bond motifs is 1. The monoisotopic (exact) mass is 256 g/mol. The van der Waals surface area contributed by atoms with Crippen molar-refractivity contribution >= 4 is 11.5 Å². The second-order valence-electron chi connectivity index (χ2n) is 4.52. The van der Waals surface area contributed by atoms with Crippen molar-refractivity contribution in [2.45, 2.75) is 13.5 Å². The summed E-state index contributed by atoms with van der Waals surface area (Å²) in [7, 11) is 3.93. The Morgan fingerprint density at radius 2 is 2.05 bits per heavy atom. The molecule has 0 fully saturated rings. The molecule has 0 N–H and O–H groups in total. The molecule has 3 aromatic rings. The van der Waals surface area contributed by atoms with E-state index in [9.17, 15) is 0 Å². The molecule has 0 aliphatic heterocycles. The van der Waals surface area contributed by atoms with Crippen molar-refractivity contribution in [2.75, 3.05) is 19.0 Å². The number of rotatable bonds is 3. The minimum atomic E-state index is 0.694. The van der Waals surface area contributed by atoms with Gasteiger partial charge in [-0.25, -0.2) is 9.20 Å². The van der Waals surface area contributed by atoms with Gasteiger partial charge in [0.15, 0.2) is 0 Å². The zero-order valence-corrected chi connectivity index (χ0v) is 11.3. The summed E-state index contributed by atoms with van der Waals surface area (Å²) in [4.78, 5) is 6.56. The van der Waals surface area contributed by atoms with Gasteiger partial charge in [0.05, 0.1) is 11.7 Å². The number of nitrogens with zero attached hydrogens (tertiary/aromatic N) is 6. The summed E-state index contributed by atoms with van der Waals surface area (Å²) in [5, 5.41) is 8.87. The van der Waals surface area contributed by atoms with Gasteiger partial charge in [0.25, 0.3) is 0 Å². The van der Waals surface area contributed by atoms with Crippen LogP contribution in [0, 0.1) is 0 Å². The van der Waals surface area contributed by atoms with E-state index in [0.29, 0.717) is 5.82 Å². The first-order chi connectivity index (χ1) is 9.20. The van der Waals surface area contributed by atoms with Crippen LogP contribution in [0.25, 0.3) is 17.0 Å². The van der Waals surface area contributed by atoms with E-state index in [4.69, 9.17) is 0 Å².